The summed E-state index contributed by atoms with van der Waals surface area (Å²) in [4.78, 5) is 0. The lowest BCUT2D eigenvalue weighted by molar-refractivity contribution is -0.929. The molecule has 0 bridgehead atoms. The maximum atomic E-state index is 8.67. The van der Waals surface area contributed by atoms with Gasteiger partial charge >= 0.3 is 0 Å². The van der Waals surface area contributed by atoms with Crippen LogP contribution in [0.4, 0.5) is 0 Å². The molecule has 14 heteroatoms. The van der Waals surface area contributed by atoms with Crippen LogP contribution in [-0.4, -0.2) is 294 Å². The van der Waals surface area contributed by atoms with Crippen LogP contribution in [-0.2, 0) is 48.3 Å². The highest BCUT2D eigenvalue weighted by Gasteiger charge is 2.29. The number of likely N-dealkylation sites (N-methyl/N-ethyl adjacent to an activating group) is 2. The zero-order chi connectivity index (χ0) is 106. The van der Waals surface area contributed by atoms with Crippen LogP contribution < -0.4 is 0 Å². The second-order valence-corrected chi connectivity index (χ2v) is 55.3. The van der Waals surface area contributed by atoms with Gasteiger partial charge in [0.1, 0.15) is 70.6 Å². The van der Waals surface area contributed by atoms with Gasteiger partial charge in [-0.2, -0.15) is 0 Å². The highest BCUT2D eigenvalue weighted by Crippen LogP contribution is 2.25. The average molecular weight is 2050 g/mol. The van der Waals surface area contributed by atoms with E-state index >= 15 is 0 Å². The molecule has 0 spiro atoms. The van der Waals surface area contributed by atoms with Gasteiger partial charge in [0, 0.05) is 28.9 Å². The van der Waals surface area contributed by atoms with Crippen LogP contribution in [0.15, 0.2) is 0 Å². The fourth-order valence-corrected chi connectivity index (χ4v) is 22.5. The highest BCUT2D eigenvalue weighted by atomic mass is 32.2. The van der Waals surface area contributed by atoms with Gasteiger partial charge in [-0.25, -0.2) is 0 Å². The van der Waals surface area contributed by atoms with E-state index in [1.165, 1.54) is 537 Å². The minimum atomic E-state index is 0.281. The minimum absolute atomic E-state index is 0.281. The van der Waals surface area contributed by atoms with Crippen LogP contribution in [0.2, 0.25) is 0 Å². The summed E-state index contributed by atoms with van der Waals surface area (Å²) in [7, 11) is 23.0. The quantitative estimate of drug-likeness (QED) is 0.0322. The van der Waals surface area contributed by atoms with E-state index in [4.69, 9.17) is 20.1 Å². The Hall–Kier alpha value is 1.000. The van der Waals surface area contributed by atoms with E-state index in [2.05, 4.69) is 223 Å². The average Bonchev–Trinajstić information content (AvgIpc) is 0.878. The Morgan fingerprint density at radius 3 is 0.435 bits per heavy atom. The van der Waals surface area contributed by atoms with Crippen molar-refractivity contribution in [2.75, 3.05) is 251 Å². The molecule has 1 atom stereocenters. The molecule has 0 rings (SSSR count). The van der Waals surface area contributed by atoms with Gasteiger partial charge in [0.15, 0.2) is 0 Å². The van der Waals surface area contributed by atoms with Gasteiger partial charge in [-0.05, 0) is 251 Å². The fourth-order valence-electron chi connectivity index (χ4n) is 17.8. The molecular weight excluding hydrogens is 1770 g/mol. The predicted molar refractivity (Wildman–Crippen MR) is 656 cm³/mol. The lowest BCUT2D eigenvalue weighted by Crippen LogP contribution is -2.50. The molecule has 0 aromatic rings. The topological polar surface area (TPSA) is 69.9 Å². The monoisotopic (exact) mass is 2050 g/mol. The molecule has 10 nitrogen and oxygen atoms in total. The number of quaternary nitrogens is 6. The Labute approximate surface area is 892 Å². The van der Waals surface area contributed by atoms with Gasteiger partial charge in [-0.15, -0.1) is 0 Å². The van der Waals surface area contributed by atoms with Gasteiger partial charge in [0.25, 0.3) is 0 Å². The van der Waals surface area contributed by atoms with Crippen LogP contribution >= 0.6 is 0 Å². The van der Waals surface area contributed by atoms with Gasteiger partial charge in [-0.3, -0.25) is 0 Å². The summed E-state index contributed by atoms with van der Waals surface area (Å²) in [6.07, 6.45) is 89.0. The predicted octanol–water partition coefficient (Wildman–Crippen LogP) is 35.1. The van der Waals surface area contributed by atoms with Gasteiger partial charge in [-0.1, -0.05) is 328 Å². The molecular formula is C124H284N6O4S4+10. The molecule has 0 aromatic carbocycles. The molecule has 0 amide bonds. The first-order valence-electron chi connectivity index (χ1n) is 62.1. The number of hydrogen-bond donors (Lipinski definition) is 3. The summed E-state index contributed by atoms with van der Waals surface area (Å²) >= 11 is 0. The molecule has 0 saturated heterocycles. The molecule has 848 valence electrons. The summed E-state index contributed by atoms with van der Waals surface area (Å²) in [5, 5.41) is 25.6. The Morgan fingerprint density at radius 2 is 0.341 bits per heavy atom. The Bertz CT molecular complexity index is 1810. The standard InChI is InChI=1S/C32H68N.C28H60N.C24H52N.C7H18NO.C7H17S.C6H15OS.C6H15S.C5H14NO.C5H13OS.C4H12N/c1-5-9-13-17-21-25-29-33(30-26-22-18-14-10-6-2,31-27-23-19-15-11-7-3)32-28-24-20-16-12-8-4;1-5-9-13-17-21-25-29(26-22-18-14-10-6-2,27-23-19-15-11-7-3)28-24-20-16-12-8-4;1-5-9-13-17-21-25(22-18-14-10-6-2,23-19-15-11-7-3)24-20-16-12-8-4;1-5-8(2,3)6-7-9-4;1-4-7-8(5-2)6-3;1-3-5-8(4-2)6-7;1-4-7(5-2)6-3;1-6(2,3)4-5-7;1-3-7(4-2)5-6;1-5(2,3)4/h5-32H2,1-4H3;5-28H2,1-4H3;5-24H2,1-4H3;5-7H2,1-4H3;4-7H2,1-3H3;7H,3-6H2,1-2H3;4-6H2,1-3H3;7H,4-5H2,1-3H3;6H,3-5H2,1-2H3;1-4H3/q10*+1. The third kappa shape index (κ3) is 139. The number of ether oxygens (including phenoxy) is 1. The van der Waals surface area contributed by atoms with Crippen molar-refractivity contribution in [2.45, 2.75) is 557 Å². The summed E-state index contributed by atoms with van der Waals surface area (Å²) in [6, 6.07) is 0. The van der Waals surface area contributed by atoms with Crippen LogP contribution in [0.3, 0.4) is 0 Å². The molecule has 0 aliphatic rings. The Morgan fingerprint density at radius 1 is 0.181 bits per heavy atom. The van der Waals surface area contributed by atoms with Crippen molar-refractivity contribution in [1.82, 2.24) is 0 Å². The largest absolute Gasteiger partial charge is 0.391 e. The summed E-state index contributed by atoms with van der Waals surface area (Å²) in [6.45, 7) is 74.3. The molecule has 0 radical (unpaired) electrons. The number of rotatable bonds is 92. The van der Waals surface area contributed by atoms with Crippen LogP contribution in [0.1, 0.15) is 557 Å². The first-order valence-corrected chi connectivity index (χ1v) is 69.1. The first kappa shape index (κ1) is 159. The lowest BCUT2D eigenvalue weighted by atomic mass is 10.0. The smallest absolute Gasteiger partial charge is 0.205 e. The molecule has 0 aliphatic carbocycles. The van der Waals surface area contributed by atoms with E-state index in [-0.39, 0.29) is 6.61 Å². The Balaban J connectivity index is -0.000000178. The summed E-state index contributed by atoms with van der Waals surface area (Å²) in [5.74, 6) is 13.8. The van der Waals surface area contributed by atoms with Crippen molar-refractivity contribution in [3.8, 4) is 0 Å². The molecule has 0 aliphatic heterocycles. The van der Waals surface area contributed by atoms with Crippen molar-refractivity contribution < 1.29 is 47.0 Å². The lowest BCUT2D eigenvalue weighted by Gasteiger charge is -2.40. The van der Waals surface area contributed by atoms with Crippen LogP contribution in [0.5, 0.6) is 0 Å². The molecule has 3 N–H and O–H groups in total. The number of nitrogens with zero attached hydrogens (tertiary/aromatic N) is 6. The van der Waals surface area contributed by atoms with Crippen molar-refractivity contribution in [1.29, 1.82) is 0 Å². The van der Waals surface area contributed by atoms with Gasteiger partial charge < -0.3 is 47.0 Å². The molecule has 1 unspecified atom stereocenters. The number of aliphatic hydroxyl groups excluding tert-OH is 3. The molecule has 138 heavy (non-hydrogen) atoms. The Kier molecular flexibility index (Phi) is 150. The highest BCUT2D eigenvalue weighted by molar-refractivity contribution is 7.97. The summed E-state index contributed by atoms with van der Waals surface area (Å²) < 4.78 is 12.3. The number of methoxy groups -OCH3 is 1. The molecule has 0 aromatic heterocycles. The number of hydrogen-bond acceptors (Lipinski definition) is 4. The maximum Gasteiger partial charge on any atom is 0.205 e. The van der Waals surface area contributed by atoms with Crippen molar-refractivity contribution in [3.63, 3.8) is 0 Å². The third-order valence-corrected chi connectivity index (χ3v) is 37.2. The van der Waals surface area contributed by atoms with Crippen LogP contribution in [0.25, 0.3) is 0 Å². The van der Waals surface area contributed by atoms with E-state index in [0.717, 1.165) is 72.2 Å². The third-order valence-electron chi connectivity index (χ3n) is 28.0. The molecule has 0 saturated carbocycles. The van der Waals surface area contributed by atoms with Crippen molar-refractivity contribution >= 4 is 43.6 Å². The number of unbranched alkanes of at least 4 members (excludes halogenated alkanes) is 48. The van der Waals surface area contributed by atoms with E-state index in [1.807, 2.05) is 0 Å². The SMILES string of the molecule is CCCCCCCC[N+](CCCCCCCC)(CCCCCCCC)CCCCCCCC.CCCCCCC[N+](CCCCCCC)(CCCCCCC)CCCCCCC.CCCCCC[N+](CCCCCC)(CCCCCC)CCCCCC.CCC[S+](CC)CC.CCC[S+](CC)CO.CC[N+](C)(C)CCOC.CC[S+](CC)CC.CC[S+](CC)CO.C[N+](C)(C)C.C[N+](C)(C)CCO. The second kappa shape index (κ2) is 130. The van der Waals surface area contributed by atoms with Crippen LogP contribution in [0, 0.1) is 0 Å². The van der Waals surface area contributed by atoms with E-state index in [0.29, 0.717) is 33.7 Å². The van der Waals surface area contributed by atoms with E-state index < -0.39 is 0 Å². The van der Waals surface area contributed by atoms with E-state index in [1.54, 1.807) is 7.11 Å². The van der Waals surface area contributed by atoms with Gasteiger partial charge in [0.05, 0.1) is 162 Å². The zero-order valence-corrected chi connectivity index (χ0v) is 107. The first-order chi connectivity index (χ1) is 66.3. The maximum absolute atomic E-state index is 8.67. The van der Waals surface area contributed by atoms with Gasteiger partial charge in [0.2, 0.25) is 11.9 Å². The second-order valence-electron chi connectivity index (χ2n) is 44.5. The minimum Gasteiger partial charge on any atom is -0.391 e. The van der Waals surface area contributed by atoms with E-state index in [9.17, 15) is 0 Å². The zero-order valence-electron chi connectivity index (χ0n) is 103. The van der Waals surface area contributed by atoms with Crippen molar-refractivity contribution in [2.24, 2.45) is 0 Å². The molecule has 0 heterocycles. The summed E-state index contributed by atoms with van der Waals surface area (Å²) in [5.41, 5.74) is 0. The fraction of sp³-hybridized carbons (Fsp3) is 1.00. The molecule has 0 fully saturated rings. The normalized spacial score (nSPS) is 11.8. The number of aliphatic hydroxyl groups is 3. The van der Waals surface area contributed by atoms with Crippen molar-refractivity contribution in [3.05, 3.63) is 0 Å².